The molecule has 8 heteroatoms. The highest BCUT2D eigenvalue weighted by molar-refractivity contribution is 5.99. The summed E-state index contributed by atoms with van der Waals surface area (Å²) in [5.41, 5.74) is 0.196. The highest BCUT2D eigenvalue weighted by Gasteiger charge is 2.17. The van der Waals surface area contributed by atoms with E-state index in [1.807, 2.05) is 0 Å². The van der Waals surface area contributed by atoms with Crippen LogP contribution in [0, 0.1) is 15.9 Å². The van der Waals surface area contributed by atoms with Gasteiger partial charge in [0.25, 0.3) is 5.69 Å². The number of hydrogen-bond donors (Lipinski definition) is 2. The molecule has 2 rings (SSSR count). The number of aliphatic hydroxyl groups is 1. The van der Waals surface area contributed by atoms with Crippen molar-refractivity contribution in [1.29, 1.82) is 0 Å². The molecule has 2 aromatic rings. The highest BCUT2D eigenvalue weighted by Crippen LogP contribution is 2.23. The van der Waals surface area contributed by atoms with Crippen LogP contribution in [0.5, 0.6) is 5.75 Å². The topological polar surface area (TPSA) is 102 Å². The second-order valence-corrected chi connectivity index (χ2v) is 5.34. The van der Waals surface area contributed by atoms with Gasteiger partial charge < -0.3 is 15.2 Å². The van der Waals surface area contributed by atoms with E-state index in [4.69, 9.17) is 4.74 Å². The number of carbonyl (C=O) groups excluding carboxylic acids is 1. The summed E-state index contributed by atoms with van der Waals surface area (Å²) in [4.78, 5) is 21.8. The van der Waals surface area contributed by atoms with Crippen molar-refractivity contribution in [1.82, 2.24) is 0 Å². The summed E-state index contributed by atoms with van der Waals surface area (Å²) >= 11 is 0. The normalized spacial score (nSPS) is 11.6. The molecule has 0 aromatic heterocycles. The van der Waals surface area contributed by atoms with Gasteiger partial charge in [0, 0.05) is 18.3 Å². The molecule has 2 aromatic carbocycles. The smallest absolute Gasteiger partial charge is 0.280 e. The fourth-order valence-corrected chi connectivity index (χ4v) is 2.11. The number of nitro benzene ring substituents is 1. The number of nitro groups is 1. The third-order valence-corrected chi connectivity index (χ3v) is 3.37. The Balaban J connectivity index is 1.91. The molecule has 0 aliphatic carbocycles. The van der Waals surface area contributed by atoms with Gasteiger partial charge in [-0.2, -0.15) is 0 Å². The summed E-state index contributed by atoms with van der Waals surface area (Å²) in [5.74, 6) is -0.376. The van der Waals surface area contributed by atoms with E-state index < -0.39 is 16.8 Å². The average molecular weight is 348 g/mol. The standard InChI is InChI=1S/C17H17FN2O5/c1-11(21)16-8-13(4-7-17(16)20(23)24)19-9-14(22)10-25-15-5-2-12(18)3-6-15/h2-8,14,19,22H,9-10H2,1H3/t14-/m0/s1. The van der Waals surface area contributed by atoms with E-state index in [1.54, 1.807) is 0 Å². The van der Waals surface area contributed by atoms with Crippen LogP contribution < -0.4 is 10.1 Å². The maximum Gasteiger partial charge on any atom is 0.280 e. The van der Waals surface area contributed by atoms with Crippen molar-refractivity contribution < 1.29 is 24.0 Å². The van der Waals surface area contributed by atoms with Crippen molar-refractivity contribution in [3.05, 3.63) is 64.0 Å². The number of Topliss-reactive ketones (excluding diaryl/α,β-unsaturated/α-hetero) is 1. The van der Waals surface area contributed by atoms with Crippen molar-refractivity contribution >= 4 is 17.2 Å². The van der Waals surface area contributed by atoms with E-state index in [2.05, 4.69) is 5.32 Å². The van der Waals surface area contributed by atoms with Crippen LogP contribution in [0.25, 0.3) is 0 Å². The van der Waals surface area contributed by atoms with Crippen LogP contribution in [-0.4, -0.2) is 35.1 Å². The quantitative estimate of drug-likeness (QED) is 0.432. The fourth-order valence-electron chi connectivity index (χ4n) is 2.11. The summed E-state index contributed by atoms with van der Waals surface area (Å²) < 4.78 is 18.1. The fraction of sp³-hybridized carbons (Fsp3) is 0.235. The molecule has 0 bridgehead atoms. The van der Waals surface area contributed by atoms with Crippen molar-refractivity contribution in [2.24, 2.45) is 0 Å². The molecule has 1 atom stereocenters. The lowest BCUT2D eigenvalue weighted by Gasteiger charge is -2.14. The third-order valence-electron chi connectivity index (χ3n) is 3.37. The van der Waals surface area contributed by atoms with Gasteiger partial charge in [0.05, 0.1) is 10.5 Å². The van der Waals surface area contributed by atoms with Crippen LogP contribution in [-0.2, 0) is 0 Å². The van der Waals surface area contributed by atoms with E-state index in [1.165, 1.54) is 49.4 Å². The lowest BCUT2D eigenvalue weighted by molar-refractivity contribution is -0.385. The molecule has 0 fully saturated rings. The second-order valence-electron chi connectivity index (χ2n) is 5.34. The molecule has 0 aliphatic heterocycles. The van der Waals surface area contributed by atoms with Crippen molar-refractivity contribution in [2.45, 2.75) is 13.0 Å². The summed E-state index contributed by atoms with van der Waals surface area (Å²) in [7, 11) is 0. The third kappa shape index (κ3) is 5.25. The molecule has 0 saturated carbocycles. The van der Waals surface area contributed by atoms with Gasteiger partial charge in [-0.05, 0) is 43.3 Å². The minimum absolute atomic E-state index is 0.00736. The van der Waals surface area contributed by atoms with Gasteiger partial charge in [0.1, 0.15) is 24.3 Å². The van der Waals surface area contributed by atoms with Gasteiger partial charge in [-0.15, -0.1) is 0 Å². The Hall–Kier alpha value is -3.00. The SMILES string of the molecule is CC(=O)c1cc(NC[C@H](O)COc2ccc(F)cc2)ccc1[N+](=O)[O-]. The number of carbonyl (C=O) groups is 1. The van der Waals surface area contributed by atoms with Crippen LogP contribution in [0.3, 0.4) is 0 Å². The molecule has 132 valence electrons. The Morgan fingerprint density at radius 1 is 1.32 bits per heavy atom. The van der Waals surface area contributed by atoms with Gasteiger partial charge in [-0.1, -0.05) is 0 Å². The van der Waals surface area contributed by atoms with Crippen molar-refractivity contribution in [3.63, 3.8) is 0 Å². The Labute approximate surface area is 143 Å². The van der Waals surface area contributed by atoms with Crippen LogP contribution in [0.1, 0.15) is 17.3 Å². The number of nitrogens with zero attached hydrogens (tertiary/aromatic N) is 1. The number of nitrogens with one attached hydrogen (secondary N) is 1. The van der Waals surface area contributed by atoms with Gasteiger partial charge in [-0.25, -0.2) is 4.39 Å². The zero-order chi connectivity index (χ0) is 18.4. The minimum atomic E-state index is -0.874. The highest BCUT2D eigenvalue weighted by atomic mass is 19.1. The van der Waals surface area contributed by atoms with Crippen molar-refractivity contribution in [2.75, 3.05) is 18.5 Å². The van der Waals surface area contributed by atoms with E-state index in [0.717, 1.165) is 0 Å². The maximum absolute atomic E-state index is 12.8. The average Bonchev–Trinajstić information content (AvgIpc) is 2.59. The molecule has 0 amide bonds. The molecular formula is C17H17FN2O5. The Morgan fingerprint density at radius 2 is 2.00 bits per heavy atom. The predicted molar refractivity (Wildman–Crippen MR) is 89.5 cm³/mol. The number of rotatable bonds is 8. The molecule has 0 heterocycles. The summed E-state index contributed by atoms with van der Waals surface area (Å²) in [6.07, 6.45) is -0.874. The maximum atomic E-state index is 12.8. The van der Waals surface area contributed by atoms with Gasteiger partial charge >= 0.3 is 0 Å². The number of ether oxygens (including phenoxy) is 1. The first-order valence-electron chi connectivity index (χ1n) is 7.46. The number of benzene rings is 2. The first-order chi connectivity index (χ1) is 11.9. The predicted octanol–water partition coefficient (Wildman–Crippen LogP) is 2.79. The Bertz CT molecular complexity index is 764. The second kappa shape index (κ2) is 8.20. The van der Waals surface area contributed by atoms with Crippen LogP contribution >= 0.6 is 0 Å². The molecular weight excluding hydrogens is 331 g/mol. The summed E-state index contributed by atoms with van der Waals surface area (Å²) in [5, 5.41) is 23.7. The largest absolute Gasteiger partial charge is 0.491 e. The zero-order valence-corrected chi connectivity index (χ0v) is 13.4. The van der Waals surface area contributed by atoms with Crippen molar-refractivity contribution in [3.8, 4) is 5.75 Å². The first-order valence-corrected chi connectivity index (χ1v) is 7.46. The Kier molecular flexibility index (Phi) is 6.02. The zero-order valence-electron chi connectivity index (χ0n) is 13.4. The number of halogens is 1. The van der Waals surface area contributed by atoms with E-state index in [9.17, 15) is 24.4 Å². The molecule has 0 radical (unpaired) electrons. The summed E-state index contributed by atoms with van der Waals surface area (Å²) in [6.45, 7) is 1.33. The number of ketones is 1. The molecule has 7 nitrogen and oxygen atoms in total. The van der Waals surface area contributed by atoms with Crippen LogP contribution in [0.2, 0.25) is 0 Å². The van der Waals surface area contributed by atoms with Gasteiger partial charge in [0.2, 0.25) is 0 Å². The summed E-state index contributed by atoms with van der Waals surface area (Å²) in [6, 6.07) is 9.46. The lowest BCUT2D eigenvalue weighted by Crippen LogP contribution is -2.26. The van der Waals surface area contributed by atoms with Crippen LogP contribution in [0.4, 0.5) is 15.8 Å². The van der Waals surface area contributed by atoms with Gasteiger partial charge in [-0.3, -0.25) is 14.9 Å². The monoisotopic (exact) mass is 348 g/mol. The lowest BCUT2D eigenvalue weighted by atomic mass is 10.1. The molecule has 25 heavy (non-hydrogen) atoms. The minimum Gasteiger partial charge on any atom is -0.491 e. The number of aliphatic hydroxyl groups excluding tert-OH is 1. The molecule has 0 aliphatic rings. The van der Waals surface area contributed by atoms with Crippen LogP contribution in [0.15, 0.2) is 42.5 Å². The van der Waals surface area contributed by atoms with Gasteiger partial charge in [0.15, 0.2) is 5.78 Å². The molecule has 0 saturated heterocycles. The number of anilines is 1. The van der Waals surface area contributed by atoms with E-state index in [0.29, 0.717) is 11.4 Å². The van der Waals surface area contributed by atoms with E-state index in [-0.39, 0.29) is 30.2 Å². The van der Waals surface area contributed by atoms with E-state index >= 15 is 0 Å². The first kappa shape index (κ1) is 18.3. The Morgan fingerprint density at radius 3 is 2.60 bits per heavy atom. The molecule has 0 spiro atoms. The molecule has 0 unspecified atom stereocenters. The molecule has 2 N–H and O–H groups in total. The number of hydrogen-bond acceptors (Lipinski definition) is 6.